The third-order valence-corrected chi connectivity index (χ3v) is 3.36. The second kappa shape index (κ2) is 10.5. The summed E-state index contributed by atoms with van der Waals surface area (Å²) in [6, 6.07) is 4.79. The van der Waals surface area contributed by atoms with E-state index in [4.69, 9.17) is 0 Å². The molecule has 0 spiro atoms. The molecule has 3 nitrogen and oxygen atoms in total. The van der Waals surface area contributed by atoms with Crippen LogP contribution < -0.4 is 10.6 Å². The van der Waals surface area contributed by atoms with E-state index in [9.17, 15) is 18.0 Å². The third-order valence-electron chi connectivity index (χ3n) is 3.36. The number of hydrogen-bond donors (Lipinski definition) is 2. The average Bonchev–Trinajstić information content (AvgIpc) is 2.46. The van der Waals surface area contributed by atoms with Gasteiger partial charge in [0.05, 0.1) is 11.6 Å². The molecule has 23 heavy (non-hydrogen) atoms. The SMILES string of the molecule is CCCC(NC(=O)CCCNC)c1cccc(C(F)(F)F)c1.Cl. The Hall–Kier alpha value is -1.27. The number of carbonyl (C=O) groups is 1. The number of rotatable bonds is 8. The van der Waals surface area contributed by atoms with Gasteiger partial charge in [-0.3, -0.25) is 4.79 Å². The fourth-order valence-corrected chi connectivity index (χ4v) is 2.23. The van der Waals surface area contributed by atoms with Gasteiger partial charge in [0.2, 0.25) is 5.91 Å². The van der Waals surface area contributed by atoms with Crippen molar-refractivity contribution in [1.82, 2.24) is 10.6 Å². The number of hydrogen-bond acceptors (Lipinski definition) is 2. The predicted octanol–water partition coefficient (Wildman–Crippen LogP) is 4.08. The smallest absolute Gasteiger partial charge is 0.349 e. The minimum atomic E-state index is -4.37. The first-order chi connectivity index (χ1) is 10.4. The molecule has 0 bridgehead atoms. The van der Waals surface area contributed by atoms with Crippen LogP contribution in [0.1, 0.15) is 49.8 Å². The largest absolute Gasteiger partial charge is 0.416 e. The molecule has 1 unspecified atom stereocenters. The van der Waals surface area contributed by atoms with Crippen molar-refractivity contribution in [3.63, 3.8) is 0 Å². The summed E-state index contributed by atoms with van der Waals surface area (Å²) in [7, 11) is 1.81. The fraction of sp³-hybridized carbons (Fsp3) is 0.562. The highest BCUT2D eigenvalue weighted by atomic mass is 35.5. The van der Waals surface area contributed by atoms with Crippen LogP contribution in [0.15, 0.2) is 24.3 Å². The Morgan fingerprint density at radius 3 is 2.57 bits per heavy atom. The molecule has 1 amide bonds. The van der Waals surface area contributed by atoms with Crippen LogP contribution in [0.25, 0.3) is 0 Å². The number of benzene rings is 1. The van der Waals surface area contributed by atoms with Crippen molar-refractivity contribution in [2.45, 2.75) is 44.8 Å². The molecule has 132 valence electrons. The number of amides is 1. The van der Waals surface area contributed by atoms with Crippen LogP contribution in [0, 0.1) is 0 Å². The van der Waals surface area contributed by atoms with Gasteiger partial charge in [-0.15, -0.1) is 12.4 Å². The number of alkyl halides is 3. The number of nitrogens with one attached hydrogen (secondary N) is 2. The lowest BCUT2D eigenvalue weighted by Gasteiger charge is -2.20. The Morgan fingerprint density at radius 2 is 2.00 bits per heavy atom. The zero-order valence-corrected chi connectivity index (χ0v) is 14.2. The van der Waals surface area contributed by atoms with Gasteiger partial charge in [0.15, 0.2) is 0 Å². The maximum Gasteiger partial charge on any atom is 0.416 e. The summed E-state index contributed by atoms with van der Waals surface area (Å²) in [6.45, 7) is 2.67. The number of carbonyl (C=O) groups excluding carboxylic acids is 1. The highest BCUT2D eigenvalue weighted by molar-refractivity contribution is 5.85. The molecule has 1 rings (SSSR count). The van der Waals surface area contributed by atoms with Gasteiger partial charge in [-0.05, 0) is 44.1 Å². The first-order valence-electron chi connectivity index (χ1n) is 7.49. The van der Waals surface area contributed by atoms with Crippen LogP contribution in [0.5, 0.6) is 0 Å². The molecule has 1 aromatic rings. The van der Waals surface area contributed by atoms with Crippen molar-refractivity contribution in [1.29, 1.82) is 0 Å². The van der Waals surface area contributed by atoms with Crippen molar-refractivity contribution in [3.8, 4) is 0 Å². The second-order valence-electron chi connectivity index (χ2n) is 5.24. The standard InChI is InChI=1S/C16H23F3N2O.ClH/c1-3-6-14(21-15(22)9-5-10-20-2)12-7-4-8-13(11-12)16(17,18)19;/h4,7-8,11,14,20H,3,5-6,9-10H2,1-2H3,(H,21,22);1H. The van der Waals surface area contributed by atoms with E-state index in [0.717, 1.165) is 25.1 Å². The number of halogens is 4. The van der Waals surface area contributed by atoms with Crippen LogP contribution in [0.3, 0.4) is 0 Å². The van der Waals surface area contributed by atoms with Crippen LogP contribution in [0.4, 0.5) is 13.2 Å². The fourth-order valence-electron chi connectivity index (χ4n) is 2.23. The van der Waals surface area contributed by atoms with Crippen LogP contribution in [0.2, 0.25) is 0 Å². The van der Waals surface area contributed by atoms with Crippen LogP contribution in [-0.2, 0) is 11.0 Å². The predicted molar refractivity (Wildman–Crippen MR) is 87.6 cm³/mol. The molecule has 0 aliphatic heterocycles. The minimum Gasteiger partial charge on any atom is -0.349 e. The van der Waals surface area contributed by atoms with Gasteiger partial charge in [-0.1, -0.05) is 25.5 Å². The van der Waals surface area contributed by atoms with Crippen molar-refractivity contribution >= 4 is 18.3 Å². The van der Waals surface area contributed by atoms with E-state index in [1.54, 1.807) is 13.1 Å². The summed E-state index contributed by atoms with van der Waals surface area (Å²) in [5.41, 5.74) is -0.186. The van der Waals surface area contributed by atoms with E-state index >= 15 is 0 Å². The topological polar surface area (TPSA) is 41.1 Å². The van der Waals surface area contributed by atoms with Gasteiger partial charge in [0, 0.05) is 6.42 Å². The molecule has 0 saturated carbocycles. The molecule has 0 aromatic heterocycles. The highest BCUT2D eigenvalue weighted by Crippen LogP contribution is 2.31. The Labute approximate surface area is 141 Å². The zero-order valence-electron chi connectivity index (χ0n) is 13.4. The second-order valence-corrected chi connectivity index (χ2v) is 5.24. The molecule has 0 heterocycles. The van der Waals surface area contributed by atoms with Crippen molar-refractivity contribution in [2.75, 3.05) is 13.6 Å². The minimum absolute atomic E-state index is 0. The average molecular weight is 353 g/mol. The lowest BCUT2D eigenvalue weighted by Crippen LogP contribution is -2.29. The summed E-state index contributed by atoms with van der Waals surface area (Å²) >= 11 is 0. The van der Waals surface area contributed by atoms with Gasteiger partial charge in [-0.2, -0.15) is 13.2 Å². The Bertz CT molecular complexity index is 481. The molecule has 1 aromatic carbocycles. The zero-order chi connectivity index (χ0) is 16.6. The van der Waals surface area contributed by atoms with E-state index in [-0.39, 0.29) is 24.4 Å². The summed E-state index contributed by atoms with van der Waals surface area (Å²) in [6.07, 6.45) is -1.93. The Balaban J connectivity index is 0.00000484. The molecule has 0 radical (unpaired) electrons. The molecular formula is C16H24ClF3N2O. The van der Waals surface area contributed by atoms with E-state index in [2.05, 4.69) is 10.6 Å². The lowest BCUT2D eigenvalue weighted by molar-refractivity contribution is -0.137. The quantitative estimate of drug-likeness (QED) is 0.692. The van der Waals surface area contributed by atoms with E-state index < -0.39 is 11.7 Å². The molecule has 0 fully saturated rings. The van der Waals surface area contributed by atoms with Gasteiger partial charge in [-0.25, -0.2) is 0 Å². The molecule has 0 aliphatic carbocycles. The van der Waals surface area contributed by atoms with Crippen LogP contribution in [-0.4, -0.2) is 19.5 Å². The van der Waals surface area contributed by atoms with Crippen molar-refractivity contribution in [2.24, 2.45) is 0 Å². The first-order valence-corrected chi connectivity index (χ1v) is 7.49. The summed E-state index contributed by atoms with van der Waals surface area (Å²) in [5, 5.41) is 5.79. The first kappa shape index (κ1) is 21.7. The maximum atomic E-state index is 12.8. The van der Waals surface area contributed by atoms with E-state index in [0.29, 0.717) is 24.8 Å². The van der Waals surface area contributed by atoms with Gasteiger partial charge >= 0.3 is 6.18 Å². The molecule has 2 N–H and O–H groups in total. The van der Waals surface area contributed by atoms with E-state index in [1.165, 1.54) is 6.07 Å². The maximum absolute atomic E-state index is 12.8. The lowest BCUT2D eigenvalue weighted by atomic mass is 9.99. The van der Waals surface area contributed by atoms with Gasteiger partial charge in [0.25, 0.3) is 0 Å². The van der Waals surface area contributed by atoms with E-state index in [1.807, 2.05) is 6.92 Å². The van der Waals surface area contributed by atoms with Gasteiger partial charge < -0.3 is 10.6 Å². The van der Waals surface area contributed by atoms with Crippen molar-refractivity contribution in [3.05, 3.63) is 35.4 Å². The summed E-state index contributed by atoms with van der Waals surface area (Å²) < 4.78 is 38.4. The van der Waals surface area contributed by atoms with Crippen LogP contribution >= 0.6 is 12.4 Å². The van der Waals surface area contributed by atoms with Gasteiger partial charge in [0.1, 0.15) is 0 Å². The molecule has 0 aliphatic rings. The Kier molecular flexibility index (Phi) is 9.91. The molecule has 0 saturated heterocycles. The summed E-state index contributed by atoms with van der Waals surface area (Å²) in [4.78, 5) is 11.9. The summed E-state index contributed by atoms with van der Waals surface area (Å²) in [5.74, 6) is -0.133. The molecular weight excluding hydrogens is 329 g/mol. The van der Waals surface area contributed by atoms with Crippen molar-refractivity contribution < 1.29 is 18.0 Å². The Morgan fingerprint density at radius 1 is 1.30 bits per heavy atom. The highest BCUT2D eigenvalue weighted by Gasteiger charge is 2.31. The monoisotopic (exact) mass is 352 g/mol. The molecule has 1 atom stereocenters. The molecule has 7 heteroatoms. The normalized spacial score (nSPS) is 12.4. The third kappa shape index (κ3) is 7.70.